The molecule has 0 unspecified atom stereocenters. The van der Waals surface area contributed by atoms with Gasteiger partial charge in [0.15, 0.2) is 11.5 Å². The first kappa shape index (κ1) is 20.5. The Kier molecular flexibility index (Phi) is 6.40. The number of fused-ring (bicyclic) bond motifs is 1. The third kappa shape index (κ3) is 4.52. The predicted octanol–water partition coefficient (Wildman–Crippen LogP) is 3.68. The van der Waals surface area contributed by atoms with Gasteiger partial charge in [0.2, 0.25) is 0 Å². The zero-order chi connectivity index (χ0) is 20.9. The molecule has 2 aliphatic rings. The number of rotatable bonds is 7. The first-order valence-electron chi connectivity index (χ1n) is 10.3. The van der Waals surface area contributed by atoms with Crippen LogP contribution in [0.2, 0.25) is 0 Å². The SMILES string of the molecule is COc1cc2c(cc1OCCCN1CCOCC1)C=CCN2c1ccc(N)cc1F. The van der Waals surface area contributed by atoms with Gasteiger partial charge in [-0.3, -0.25) is 4.90 Å². The van der Waals surface area contributed by atoms with E-state index in [1.807, 2.05) is 29.2 Å². The molecule has 2 aromatic rings. The molecule has 0 atom stereocenters. The number of nitrogen functional groups attached to an aromatic ring is 1. The van der Waals surface area contributed by atoms with E-state index in [1.54, 1.807) is 19.2 Å². The summed E-state index contributed by atoms with van der Waals surface area (Å²) in [7, 11) is 1.62. The number of halogens is 1. The minimum atomic E-state index is -0.348. The molecule has 2 aromatic carbocycles. The summed E-state index contributed by atoms with van der Waals surface area (Å²) in [5.74, 6) is 0.984. The normalized spacial score (nSPS) is 16.4. The number of anilines is 3. The van der Waals surface area contributed by atoms with Crippen molar-refractivity contribution in [1.29, 1.82) is 0 Å². The maximum Gasteiger partial charge on any atom is 0.162 e. The van der Waals surface area contributed by atoms with Crippen molar-refractivity contribution in [1.82, 2.24) is 4.90 Å². The highest BCUT2D eigenvalue weighted by molar-refractivity contribution is 5.80. The molecule has 2 heterocycles. The second-order valence-corrected chi connectivity index (χ2v) is 7.44. The van der Waals surface area contributed by atoms with Gasteiger partial charge in [-0.25, -0.2) is 4.39 Å². The van der Waals surface area contributed by atoms with Gasteiger partial charge in [-0.1, -0.05) is 12.2 Å². The van der Waals surface area contributed by atoms with E-state index in [1.165, 1.54) is 6.07 Å². The Morgan fingerprint density at radius 1 is 1.10 bits per heavy atom. The Bertz CT molecular complexity index is 913. The fourth-order valence-electron chi connectivity index (χ4n) is 3.85. The van der Waals surface area contributed by atoms with Crippen molar-refractivity contribution in [2.45, 2.75) is 6.42 Å². The number of ether oxygens (including phenoxy) is 3. The van der Waals surface area contributed by atoms with Gasteiger partial charge in [-0.15, -0.1) is 0 Å². The number of hydrogen-bond donors (Lipinski definition) is 1. The first-order valence-corrected chi connectivity index (χ1v) is 10.3. The lowest BCUT2D eigenvalue weighted by molar-refractivity contribution is 0.0357. The highest BCUT2D eigenvalue weighted by Crippen LogP contribution is 2.41. The van der Waals surface area contributed by atoms with Crippen LogP contribution in [0.4, 0.5) is 21.5 Å². The molecule has 2 N–H and O–H groups in total. The monoisotopic (exact) mass is 413 g/mol. The Balaban J connectivity index is 1.49. The fourth-order valence-corrected chi connectivity index (χ4v) is 3.85. The maximum absolute atomic E-state index is 14.5. The van der Waals surface area contributed by atoms with Crippen molar-refractivity contribution in [3.05, 3.63) is 47.8 Å². The second kappa shape index (κ2) is 9.36. The molecule has 160 valence electrons. The lowest BCUT2D eigenvalue weighted by atomic mass is 10.1. The first-order chi connectivity index (χ1) is 14.7. The second-order valence-electron chi connectivity index (χ2n) is 7.44. The number of hydrogen-bond acceptors (Lipinski definition) is 6. The predicted molar refractivity (Wildman–Crippen MR) is 117 cm³/mol. The van der Waals surface area contributed by atoms with Gasteiger partial charge < -0.3 is 24.8 Å². The molecule has 0 aromatic heterocycles. The number of nitrogens with zero attached hydrogens (tertiary/aromatic N) is 2. The lowest BCUT2D eigenvalue weighted by Crippen LogP contribution is -2.37. The van der Waals surface area contributed by atoms with Gasteiger partial charge in [0.05, 0.1) is 38.3 Å². The van der Waals surface area contributed by atoms with E-state index in [0.29, 0.717) is 36.0 Å². The molecule has 4 rings (SSSR count). The molecule has 7 heteroatoms. The molecule has 1 saturated heterocycles. The van der Waals surface area contributed by atoms with E-state index in [4.69, 9.17) is 19.9 Å². The number of morpholine rings is 1. The largest absolute Gasteiger partial charge is 0.493 e. The number of benzene rings is 2. The molecular formula is C23H28FN3O3. The quantitative estimate of drug-likeness (QED) is 0.552. The zero-order valence-electron chi connectivity index (χ0n) is 17.3. The summed E-state index contributed by atoms with van der Waals surface area (Å²) in [4.78, 5) is 4.30. The average Bonchev–Trinajstić information content (AvgIpc) is 2.76. The average molecular weight is 413 g/mol. The van der Waals surface area contributed by atoms with Crippen LogP contribution in [0.3, 0.4) is 0 Å². The van der Waals surface area contributed by atoms with Crippen LogP contribution in [0.5, 0.6) is 11.5 Å². The van der Waals surface area contributed by atoms with Gasteiger partial charge in [0.25, 0.3) is 0 Å². The number of methoxy groups -OCH3 is 1. The third-order valence-corrected chi connectivity index (χ3v) is 5.43. The van der Waals surface area contributed by atoms with Crippen LogP contribution in [0, 0.1) is 5.82 Å². The van der Waals surface area contributed by atoms with Crippen molar-refractivity contribution in [2.24, 2.45) is 0 Å². The smallest absolute Gasteiger partial charge is 0.162 e. The lowest BCUT2D eigenvalue weighted by Gasteiger charge is -2.30. The summed E-state index contributed by atoms with van der Waals surface area (Å²) >= 11 is 0. The zero-order valence-corrected chi connectivity index (χ0v) is 17.3. The van der Waals surface area contributed by atoms with Crippen molar-refractivity contribution in [3.63, 3.8) is 0 Å². The van der Waals surface area contributed by atoms with Crippen LogP contribution >= 0.6 is 0 Å². The van der Waals surface area contributed by atoms with E-state index in [2.05, 4.69) is 4.90 Å². The summed E-state index contributed by atoms with van der Waals surface area (Å²) in [6, 6.07) is 8.62. The standard InChI is InChI=1S/C23H28FN3O3/c1-28-22-16-21-17(4-2-8-27(21)20-6-5-18(25)15-19(20)24)14-23(22)30-11-3-7-26-9-12-29-13-10-26/h2,4-6,14-16H,3,7-13,25H2,1H3. The summed E-state index contributed by atoms with van der Waals surface area (Å²) in [6.45, 7) is 5.72. The highest BCUT2D eigenvalue weighted by atomic mass is 19.1. The Morgan fingerprint density at radius 2 is 1.93 bits per heavy atom. The van der Waals surface area contributed by atoms with Gasteiger partial charge in [-0.05, 0) is 30.7 Å². The molecule has 0 bridgehead atoms. The molecule has 0 radical (unpaired) electrons. The third-order valence-electron chi connectivity index (χ3n) is 5.43. The van der Waals surface area contributed by atoms with Gasteiger partial charge >= 0.3 is 0 Å². The molecule has 0 amide bonds. The fraction of sp³-hybridized carbons (Fsp3) is 0.391. The molecular weight excluding hydrogens is 385 g/mol. The van der Waals surface area contributed by atoms with E-state index in [0.717, 1.165) is 50.5 Å². The van der Waals surface area contributed by atoms with Crippen molar-refractivity contribution in [3.8, 4) is 11.5 Å². The van der Waals surface area contributed by atoms with Crippen LogP contribution in [-0.2, 0) is 4.74 Å². The van der Waals surface area contributed by atoms with Crippen LogP contribution < -0.4 is 20.1 Å². The Morgan fingerprint density at radius 3 is 2.70 bits per heavy atom. The number of nitrogens with two attached hydrogens (primary N) is 1. The molecule has 0 aliphatic carbocycles. The Hall–Kier alpha value is -2.77. The highest BCUT2D eigenvalue weighted by Gasteiger charge is 2.21. The maximum atomic E-state index is 14.5. The summed E-state index contributed by atoms with van der Waals surface area (Å²) < 4.78 is 31.5. The van der Waals surface area contributed by atoms with Gasteiger partial charge in [0, 0.05) is 43.5 Å². The van der Waals surface area contributed by atoms with Gasteiger partial charge in [0.1, 0.15) is 5.82 Å². The van der Waals surface area contributed by atoms with Crippen LogP contribution in [0.15, 0.2) is 36.4 Å². The van der Waals surface area contributed by atoms with Gasteiger partial charge in [-0.2, -0.15) is 0 Å². The molecule has 6 nitrogen and oxygen atoms in total. The van der Waals surface area contributed by atoms with Crippen molar-refractivity contribution in [2.75, 3.05) is 63.7 Å². The van der Waals surface area contributed by atoms with E-state index >= 15 is 0 Å². The van der Waals surface area contributed by atoms with E-state index < -0.39 is 0 Å². The molecule has 1 fully saturated rings. The molecule has 30 heavy (non-hydrogen) atoms. The molecule has 2 aliphatic heterocycles. The Labute approximate surface area is 176 Å². The van der Waals surface area contributed by atoms with Crippen LogP contribution in [0.1, 0.15) is 12.0 Å². The van der Waals surface area contributed by atoms with Crippen molar-refractivity contribution >= 4 is 23.1 Å². The minimum absolute atomic E-state index is 0.348. The van der Waals surface area contributed by atoms with E-state index in [-0.39, 0.29) is 5.82 Å². The van der Waals surface area contributed by atoms with Crippen LogP contribution in [-0.4, -0.2) is 58.0 Å². The summed E-state index contributed by atoms with van der Waals surface area (Å²) in [6.07, 6.45) is 4.97. The topological polar surface area (TPSA) is 60.2 Å². The van der Waals surface area contributed by atoms with Crippen molar-refractivity contribution < 1.29 is 18.6 Å². The minimum Gasteiger partial charge on any atom is -0.493 e. The van der Waals surface area contributed by atoms with Crippen LogP contribution in [0.25, 0.3) is 6.08 Å². The summed E-state index contributed by atoms with van der Waals surface area (Å²) in [5.41, 5.74) is 8.43. The molecule has 0 saturated carbocycles. The summed E-state index contributed by atoms with van der Waals surface area (Å²) in [5, 5.41) is 0. The molecule has 0 spiro atoms. The van der Waals surface area contributed by atoms with E-state index in [9.17, 15) is 4.39 Å².